The zero-order valence-corrected chi connectivity index (χ0v) is 14.9. The Kier molecular flexibility index (Phi) is 5.77. The van der Waals surface area contributed by atoms with Gasteiger partial charge in [-0.25, -0.2) is 0 Å². The summed E-state index contributed by atoms with van der Waals surface area (Å²) in [5.74, 6) is 1.53. The van der Waals surface area contributed by atoms with E-state index in [0.717, 1.165) is 38.2 Å². The second kappa shape index (κ2) is 8.02. The summed E-state index contributed by atoms with van der Waals surface area (Å²) in [7, 11) is 1.93. The van der Waals surface area contributed by atoms with Crippen LogP contribution in [0.1, 0.15) is 55.8 Å². The summed E-state index contributed by atoms with van der Waals surface area (Å²) >= 11 is 0. The molecule has 2 fully saturated rings. The average Bonchev–Trinajstić information content (AvgIpc) is 3.13. The molecule has 132 valence electrons. The number of nitrogens with zero attached hydrogens (tertiary/aromatic N) is 1. The smallest absolute Gasteiger partial charge is 0.257 e. The molecule has 1 saturated carbocycles. The summed E-state index contributed by atoms with van der Waals surface area (Å²) in [6.45, 7) is 3.64. The number of rotatable bonds is 5. The molecule has 1 amide bonds. The highest BCUT2D eigenvalue weighted by atomic mass is 16.5. The molecular weight excluding hydrogens is 302 g/mol. The van der Waals surface area contributed by atoms with Crippen molar-refractivity contribution in [3.63, 3.8) is 0 Å². The van der Waals surface area contributed by atoms with Gasteiger partial charge in [-0.15, -0.1) is 0 Å². The Morgan fingerprint density at radius 3 is 2.67 bits per heavy atom. The largest absolute Gasteiger partial charge is 0.490 e. The predicted molar refractivity (Wildman–Crippen MR) is 94.4 cm³/mol. The zero-order chi connectivity index (χ0) is 16.9. The first-order chi connectivity index (χ1) is 11.6. The molecule has 3 rings (SSSR count). The normalized spacial score (nSPS) is 27.0. The highest BCUT2D eigenvalue weighted by Crippen LogP contribution is 2.29. The maximum absolute atomic E-state index is 13.0. The molecule has 0 aromatic heterocycles. The summed E-state index contributed by atoms with van der Waals surface area (Å²) < 4.78 is 11.5. The number of carbonyl (C=O) groups excluding carboxylic acids is 1. The SMILES string of the molecule is CC1CCC(N(C)C(=O)c2ccccc2OC[C@@H]2CCCO2)CC1. The van der Waals surface area contributed by atoms with Gasteiger partial charge in [0.25, 0.3) is 5.91 Å². The Morgan fingerprint density at radius 1 is 1.21 bits per heavy atom. The lowest BCUT2D eigenvalue weighted by Gasteiger charge is -2.34. The number of hydrogen-bond acceptors (Lipinski definition) is 3. The first kappa shape index (κ1) is 17.3. The van der Waals surface area contributed by atoms with Gasteiger partial charge in [0, 0.05) is 19.7 Å². The van der Waals surface area contributed by atoms with Crippen LogP contribution in [-0.2, 0) is 4.74 Å². The van der Waals surface area contributed by atoms with E-state index in [2.05, 4.69) is 6.92 Å². The van der Waals surface area contributed by atoms with Crippen molar-refractivity contribution in [3.05, 3.63) is 29.8 Å². The molecule has 1 heterocycles. The first-order valence-corrected chi connectivity index (χ1v) is 9.25. The minimum absolute atomic E-state index is 0.0671. The van der Waals surface area contributed by atoms with E-state index in [1.807, 2.05) is 36.2 Å². The van der Waals surface area contributed by atoms with Crippen molar-refractivity contribution >= 4 is 5.91 Å². The zero-order valence-electron chi connectivity index (χ0n) is 14.9. The lowest BCUT2D eigenvalue weighted by atomic mass is 9.86. The van der Waals surface area contributed by atoms with E-state index in [-0.39, 0.29) is 12.0 Å². The van der Waals surface area contributed by atoms with E-state index in [4.69, 9.17) is 9.47 Å². The molecule has 1 aromatic carbocycles. The van der Waals surface area contributed by atoms with E-state index in [1.54, 1.807) is 0 Å². The molecular formula is C20H29NO3. The maximum atomic E-state index is 13.0. The topological polar surface area (TPSA) is 38.8 Å². The molecule has 24 heavy (non-hydrogen) atoms. The van der Waals surface area contributed by atoms with Crippen LogP contribution in [0, 0.1) is 5.92 Å². The second-order valence-corrected chi connectivity index (χ2v) is 7.27. The minimum atomic E-state index is 0.0671. The molecule has 1 aromatic rings. The molecule has 2 aliphatic rings. The van der Waals surface area contributed by atoms with Crippen LogP contribution in [0.15, 0.2) is 24.3 Å². The van der Waals surface area contributed by atoms with Gasteiger partial charge < -0.3 is 14.4 Å². The van der Waals surface area contributed by atoms with E-state index in [9.17, 15) is 4.79 Å². The highest BCUT2D eigenvalue weighted by molar-refractivity contribution is 5.97. The van der Waals surface area contributed by atoms with Crippen LogP contribution in [0.4, 0.5) is 0 Å². The van der Waals surface area contributed by atoms with Gasteiger partial charge in [0.1, 0.15) is 12.4 Å². The minimum Gasteiger partial charge on any atom is -0.490 e. The van der Waals surface area contributed by atoms with Crippen LogP contribution >= 0.6 is 0 Å². The first-order valence-electron chi connectivity index (χ1n) is 9.25. The molecule has 0 unspecified atom stereocenters. The predicted octanol–water partition coefficient (Wildman–Crippen LogP) is 3.90. The molecule has 1 atom stereocenters. The van der Waals surface area contributed by atoms with E-state index < -0.39 is 0 Å². The summed E-state index contributed by atoms with van der Waals surface area (Å²) in [5.41, 5.74) is 0.664. The lowest BCUT2D eigenvalue weighted by molar-refractivity contribution is 0.0624. The second-order valence-electron chi connectivity index (χ2n) is 7.27. The Hall–Kier alpha value is -1.55. The number of para-hydroxylation sites is 1. The number of ether oxygens (including phenoxy) is 2. The van der Waals surface area contributed by atoms with E-state index in [1.165, 1.54) is 12.8 Å². The fourth-order valence-corrected chi connectivity index (χ4v) is 3.71. The molecule has 0 N–H and O–H groups in total. The Labute approximate surface area is 145 Å². The third-order valence-corrected chi connectivity index (χ3v) is 5.42. The molecule has 1 aliphatic carbocycles. The number of carbonyl (C=O) groups is 1. The van der Waals surface area contributed by atoms with E-state index in [0.29, 0.717) is 24.0 Å². The summed E-state index contributed by atoms with van der Waals surface area (Å²) in [6.07, 6.45) is 6.91. The van der Waals surface area contributed by atoms with Crippen molar-refractivity contribution in [2.24, 2.45) is 5.92 Å². The van der Waals surface area contributed by atoms with Crippen molar-refractivity contribution in [3.8, 4) is 5.75 Å². The quantitative estimate of drug-likeness (QED) is 0.821. The van der Waals surface area contributed by atoms with Crippen LogP contribution in [-0.4, -0.2) is 43.2 Å². The highest BCUT2D eigenvalue weighted by Gasteiger charge is 2.27. The maximum Gasteiger partial charge on any atom is 0.257 e. The monoisotopic (exact) mass is 331 g/mol. The molecule has 4 heteroatoms. The third-order valence-electron chi connectivity index (χ3n) is 5.42. The van der Waals surface area contributed by atoms with Crippen molar-refractivity contribution in [2.45, 2.75) is 57.6 Å². The van der Waals surface area contributed by atoms with Crippen molar-refractivity contribution < 1.29 is 14.3 Å². The average molecular weight is 331 g/mol. The molecule has 1 aliphatic heterocycles. The van der Waals surface area contributed by atoms with Gasteiger partial charge in [-0.3, -0.25) is 4.79 Å². The number of hydrogen-bond donors (Lipinski definition) is 0. The fraction of sp³-hybridized carbons (Fsp3) is 0.650. The third kappa shape index (κ3) is 4.10. The van der Waals surface area contributed by atoms with Gasteiger partial charge in [0.15, 0.2) is 0 Å². The summed E-state index contributed by atoms with van der Waals surface area (Å²) in [5, 5.41) is 0. The van der Waals surface area contributed by atoms with Gasteiger partial charge in [-0.2, -0.15) is 0 Å². The molecule has 0 bridgehead atoms. The van der Waals surface area contributed by atoms with Crippen LogP contribution in [0.5, 0.6) is 5.75 Å². The van der Waals surface area contributed by atoms with Crippen LogP contribution in [0.2, 0.25) is 0 Å². The van der Waals surface area contributed by atoms with Crippen molar-refractivity contribution in [1.82, 2.24) is 4.90 Å². The Bertz CT molecular complexity index is 546. The van der Waals surface area contributed by atoms with Gasteiger partial charge >= 0.3 is 0 Å². The van der Waals surface area contributed by atoms with Gasteiger partial charge in [-0.1, -0.05) is 19.1 Å². The molecule has 4 nitrogen and oxygen atoms in total. The molecule has 0 spiro atoms. The van der Waals surface area contributed by atoms with Crippen molar-refractivity contribution in [1.29, 1.82) is 0 Å². The molecule has 1 saturated heterocycles. The Morgan fingerprint density at radius 2 is 1.96 bits per heavy atom. The summed E-state index contributed by atoms with van der Waals surface area (Å²) in [4.78, 5) is 14.9. The van der Waals surface area contributed by atoms with E-state index >= 15 is 0 Å². The van der Waals surface area contributed by atoms with Crippen molar-refractivity contribution in [2.75, 3.05) is 20.3 Å². The lowest BCUT2D eigenvalue weighted by Crippen LogP contribution is -2.39. The number of benzene rings is 1. The number of amides is 1. The molecule has 0 radical (unpaired) electrons. The van der Waals surface area contributed by atoms with Crippen LogP contribution in [0.25, 0.3) is 0 Å². The van der Waals surface area contributed by atoms with Crippen LogP contribution in [0.3, 0.4) is 0 Å². The fourth-order valence-electron chi connectivity index (χ4n) is 3.71. The van der Waals surface area contributed by atoms with Crippen LogP contribution < -0.4 is 4.74 Å². The standard InChI is InChI=1S/C20H29NO3/c1-15-9-11-16(12-10-15)21(2)20(22)18-7-3-4-8-19(18)24-14-17-6-5-13-23-17/h3-4,7-8,15-17H,5-6,9-14H2,1-2H3/t15?,16?,17-/m0/s1. The van der Waals surface area contributed by atoms with Gasteiger partial charge in [-0.05, 0) is 56.6 Å². The summed E-state index contributed by atoms with van der Waals surface area (Å²) in [6, 6.07) is 7.93. The van der Waals surface area contributed by atoms with Gasteiger partial charge in [0.05, 0.1) is 11.7 Å². The van der Waals surface area contributed by atoms with Gasteiger partial charge in [0.2, 0.25) is 0 Å². The Balaban J connectivity index is 1.65.